The van der Waals surface area contributed by atoms with Gasteiger partial charge in [0.1, 0.15) is 21.7 Å². The Balaban J connectivity index is 1.93. The molecule has 0 aliphatic carbocycles. The minimum Gasteiger partial charge on any atom is -0.283 e. The maximum Gasteiger partial charge on any atom is 0.188 e. The molecule has 6 nitrogen and oxygen atoms in total. The minimum atomic E-state index is -1.43. The molecule has 0 unspecified atom stereocenters. The van der Waals surface area contributed by atoms with Gasteiger partial charge in [-0.15, -0.1) is 0 Å². The highest BCUT2D eigenvalue weighted by Crippen LogP contribution is 2.28. The monoisotopic (exact) mass is 436 g/mol. The van der Waals surface area contributed by atoms with E-state index in [-0.39, 0.29) is 26.8 Å². The lowest BCUT2D eigenvalue weighted by Gasteiger charge is -2.15. The Labute approximate surface area is 171 Å². The summed E-state index contributed by atoms with van der Waals surface area (Å²) < 4.78 is 43.8. The topological polar surface area (TPSA) is 83.2 Å². The van der Waals surface area contributed by atoms with Gasteiger partial charge in [0, 0.05) is 18.1 Å². The molecule has 0 amide bonds. The van der Waals surface area contributed by atoms with Crippen molar-refractivity contribution >= 4 is 34.4 Å². The quantitative estimate of drug-likeness (QED) is 0.284. The van der Waals surface area contributed by atoms with Gasteiger partial charge < -0.3 is 0 Å². The van der Waals surface area contributed by atoms with E-state index in [1.54, 1.807) is 12.4 Å². The van der Waals surface area contributed by atoms with Crippen molar-refractivity contribution in [3.8, 4) is 5.69 Å². The van der Waals surface area contributed by atoms with Gasteiger partial charge >= 0.3 is 0 Å². The first kappa shape index (κ1) is 19.5. The van der Waals surface area contributed by atoms with Crippen molar-refractivity contribution in [2.75, 3.05) is 0 Å². The number of benzene rings is 1. The van der Waals surface area contributed by atoms with E-state index in [1.165, 1.54) is 0 Å². The summed E-state index contributed by atoms with van der Waals surface area (Å²) in [7, 11) is 0. The Morgan fingerprint density at radius 2 is 1.97 bits per heavy atom. The summed E-state index contributed by atoms with van der Waals surface area (Å²) in [6, 6.07) is 3.37. The summed E-state index contributed by atoms with van der Waals surface area (Å²) in [6.45, 7) is 1.89. The maximum absolute atomic E-state index is 14.5. The first-order valence-corrected chi connectivity index (χ1v) is 9.61. The molecule has 0 bridgehead atoms. The van der Waals surface area contributed by atoms with Crippen LogP contribution in [-0.4, -0.2) is 24.7 Å². The van der Waals surface area contributed by atoms with E-state index >= 15 is 0 Å². The highest BCUT2D eigenvalue weighted by molar-refractivity contribution is 7.98. The molecule has 4 aromatic rings. The zero-order valence-electron chi connectivity index (χ0n) is 14.8. The molecule has 0 spiro atoms. The van der Waals surface area contributed by atoms with Crippen molar-refractivity contribution in [3.63, 3.8) is 0 Å². The number of aromatic amines is 1. The third-order valence-electron chi connectivity index (χ3n) is 4.10. The van der Waals surface area contributed by atoms with Gasteiger partial charge in [-0.05, 0) is 30.2 Å². The highest BCUT2D eigenvalue weighted by Gasteiger charge is 2.22. The van der Waals surface area contributed by atoms with E-state index in [1.807, 2.05) is 13.0 Å². The van der Waals surface area contributed by atoms with Crippen LogP contribution in [0.15, 0.2) is 35.7 Å². The number of thioether (sulfide) groups is 1. The number of aryl methyl sites for hydroxylation is 1. The van der Waals surface area contributed by atoms with E-state index in [0.29, 0.717) is 11.8 Å². The summed E-state index contributed by atoms with van der Waals surface area (Å²) in [5.74, 6) is -3.36. The zero-order valence-corrected chi connectivity index (χ0v) is 16.4. The van der Waals surface area contributed by atoms with Crippen LogP contribution in [0.5, 0.6) is 0 Å². The van der Waals surface area contributed by atoms with Crippen LogP contribution in [-0.2, 0) is 5.75 Å². The summed E-state index contributed by atoms with van der Waals surface area (Å²) >= 11 is 7.13. The average Bonchev–Trinajstić information content (AvgIpc) is 3.06. The Hall–Kier alpha value is -2.85. The first-order valence-electron chi connectivity index (χ1n) is 8.25. The molecule has 3 aromatic heterocycles. The van der Waals surface area contributed by atoms with Gasteiger partial charge in [0.05, 0.1) is 0 Å². The van der Waals surface area contributed by atoms with Crippen LogP contribution in [0.25, 0.3) is 16.7 Å². The first-order chi connectivity index (χ1) is 13.9. The number of aromatic nitrogens is 5. The van der Waals surface area contributed by atoms with Gasteiger partial charge in [0.15, 0.2) is 28.3 Å². The number of rotatable bonds is 4. The Kier molecular flexibility index (Phi) is 5.05. The second kappa shape index (κ2) is 7.53. The lowest BCUT2D eigenvalue weighted by Crippen LogP contribution is -2.24. The molecule has 0 saturated heterocycles. The highest BCUT2D eigenvalue weighted by atomic mass is 35.5. The predicted molar refractivity (Wildman–Crippen MR) is 102 cm³/mol. The molecular formula is C18H12ClF3N6S. The van der Waals surface area contributed by atoms with Crippen LogP contribution < -0.4 is 5.49 Å². The Morgan fingerprint density at radius 1 is 1.21 bits per heavy atom. The minimum absolute atomic E-state index is 0.0112. The van der Waals surface area contributed by atoms with E-state index in [4.69, 9.17) is 17.0 Å². The second-order valence-electron chi connectivity index (χ2n) is 6.17. The number of hydrogen-bond acceptors (Lipinski definition) is 5. The summed E-state index contributed by atoms with van der Waals surface area (Å²) in [5, 5.41) is 15.0. The molecule has 0 aliphatic heterocycles. The normalized spacial score (nSPS) is 11.3. The lowest BCUT2D eigenvalue weighted by atomic mass is 10.2. The van der Waals surface area contributed by atoms with Crippen LogP contribution in [0.3, 0.4) is 0 Å². The van der Waals surface area contributed by atoms with Crippen LogP contribution in [0.2, 0.25) is 5.15 Å². The van der Waals surface area contributed by atoms with Crippen LogP contribution in [0.1, 0.15) is 11.1 Å². The molecule has 0 radical (unpaired) electrons. The second-order valence-corrected chi connectivity index (χ2v) is 7.49. The number of pyridine rings is 1. The molecular weight excluding hydrogens is 425 g/mol. The predicted octanol–water partition coefficient (Wildman–Crippen LogP) is 4.29. The summed E-state index contributed by atoms with van der Waals surface area (Å²) in [4.78, 5) is 8.39. The molecule has 4 rings (SSSR count). The van der Waals surface area contributed by atoms with Gasteiger partial charge in [0.2, 0.25) is 0 Å². The number of nitrogens with zero attached hydrogens (tertiary/aromatic N) is 4. The van der Waals surface area contributed by atoms with E-state index < -0.39 is 23.1 Å². The van der Waals surface area contributed by atoms with Gasteiger partial charge in [-0.2, -0.15) is 5.10 Å². The molecule has 1 aromatic carbocycles. The number of nitrogens with one attached hydrogen (secondary N) is 2. The average molecular weight is 437 g/mol. The fraction of sp³-hybridized carbons (Fsp3) is 0.111. The number of fused-ring (bicyclic) bond motifs is 1. The molecule has 0 fully saturated rings. The van der Waals surface area contributed by atoms with Crippen molar-refractivity contribution in [1.82, 2.24) is 24.7 Å². The van der Waals surface area contributed by atoms with Crippen molar-refractivity contribution < 1.29 is 13.2 Å². The standard InChI is InChI=1S/C18H12ClF3N6S/c1-8-4-9(6-24-5-8)7-29-18-25-17-12(15(19)26-27-17)16(23)28(18)14-11(21)3-2-10(20)13(14)22/h2-6,23H,7H2,1H3,(H,26,27). The van der Waals surface area contributed by atoms with Crippen molar-refractivity contribution in [2.24, 2.45) is 0 Å². The summed E-state index contributed by atoms with van der Waals surface area (Å²) in [6.07, 6.45) is 3.35. The van der Waals surface area contributed by atoms with E-state index in [0.717, 1.165) is 33.5 Å². The van der Waals surface area contributed by atoms with Crippen LogP contribution in [0.4, 0.5) is 13.2 Å². The Bertz CT molecular complexity index is 1300. The SMILES string of the molecule is Cc1cncc(CSc2nc3n[nH]c(Cl)c3c(=N)n2-c2c(F)ccc(F)c2F)c1. The van der Waals surface area contributed by atoms with Gasteiger partial charge in [-0.25, -0.2) is 18.2 Å². The molecule has 0 aliphatic rings. The molecule has 2 N–H and O–H groups in total. The van der Waals surface area contributed by atoms with E-state index in [9.17, 15) is 13.2 Å². The fourth-order valence-electron chi connectivity index (χ4n) is 2.82. The molecule has 0 saturated carbocycles. The van der Waals surface area contributed by atoms with Crippen LogP contribution >= 0.6 is 23.4 Å². The lowest BCUT2D eigenvalue weighted by molar-refractivity contribution is 0.482. The van der Waals surface area contributed by atoms with Crippen molar-refractivity contribution in [3.05, 3.63) is 69.8 Å². The van der Waals surface area contributed by atoms with Gasteiger partial charge in [-0.3, -0.25) is 20.1 Å². The Morgan fingerprint density at radius 3 is 2.72 bits per heavy atom. The smallest absolute Gasteiger partial charge is 0.188 e. The third kappa shape index (κ3) is 3.49. The molecule has 3 heterocycles. The summed E-state index contributed by atoms with van der Waals surface area (Å²) in [5.41, 5.74) is 0.781. The maximum atomic E-state index is 14.5. The van der Waals surface area contributed by atoms with Crippen LogP contribution in [0, 0.1) is 29.8 Å². The third-order valence-corrected chi connectivity index (χ3v) is 5.38. The molecule has 11 heteroatoms. The number of halogens is 4. The molecule has 29 heavy (non-hydrogen) atoms. The zero-order chi connectivity index (χ0) is 20.7. The van der Waals surface area contributed by atoms with E-state index in [2.05, 4.69) is 20.2 Å². The van der Waals surface area contributed by atoms with Gasteiger partial charge in [0.25, 0.3) is 0 Å². The molecule has 148 valence electrons. The fourth-order valence-corrected chi connectivity index (χ4v) is 3.95. The molecule has 0 atom stereocenters. The number of hydrogen-bond donors (Lipinski definition) is 2. The largest absolute Gasteiger partial charge is 0.283 e. The number of H-pyrrole nitrogens is 1. The van der Waals surface area contributed by atoms with Crippen molar-refractivity contribution in [2.45, 2.75) is 17.8 Å². The van der Waals surface area contributed by atoms with Gasteiger partial charge in [-0.1, -0.05) is 29.4 Å². The van der Waals surface area contributed by atoms with Crippen molar-refractivity contribution in [1.29, 1.82) is 5.41 Å².